The first-order valence-electron chi connectivity index (χ1n) is 9.15. The number of H-pyrrole nitrogens is 1. The van der Waals surface area contributed by atoms with Gasteiger partial charge in [-0.05, 0) is 36.5 Å². The normalized spacial score (nSPS) is 19.3. The molecule has 0 spiro atoms. The number of nitrogens with zero attached hydrogens (tertiary/aromatic N) is 4. The monoisotopic (exact) mass is 402 g/mol. The Labute approximate surface area is 168 Å². The molecule has 4 N–H and O–H groups in total. The number of likely N-dealkylation sites (tertiary alicyclic amines) is 1. The standard InChI is InChI=1S/C18H22N8OS.2H2/c1-3-11-8-25(18(27)23-15-6-10(2)24-28-15)9-12(11)16(20)26-13-4-5-21-17(13)22-7-14(26)19;;/h4-7,11-12,19-21H,3,8-9H2,1-2H3,(H,23,27);2*1H/t11-,12+;;/m1../s1. The van der Waals surface area contributed by atoms with Crippen LogP contribution in [0.5, 0.6) is 0 Å². The molecule has 3 aromatic rings. The van der Waals surface area contributed by atoms with Crippen molar-refractivity contribution in [2.24, 2.45) is 11.8 Å². The Hall–Kier alpha value is -3.01. The van der Waals surface area contributed by atoms with Crippen molar-refractivity contribution in [3.05, 3.63) is 35.7 Å². The summed E-state index contributed by atoms with van der Waals surface area (Å²) >= 11 is 1.26. The van der Waals surface area contributed by atoms with Crippen molar-refractivity contribution in [3.63, 3.8) is 0 Å². The van der Waals surface area contributed by atoms with Crippen LogP contribution in [0.4, 0.5) is 9.80 Å². The third-order valence-electron chi connectivity index (χ3n) is 5.20. The fourth-order valence-corrected chi connectivity index (χ4v) is 4.39. The van der Waals surface area contributed by atoms with Crippen molar-refractivity contribution in [1.29, 1.82) is 10.8 Å². The molecule has 0 bridgehead atoms. The van der Waals surface area contributed by atoms with Gasteiger partial charge in [-0.3, -0.25) is 20.7 Å². The molecule has 4 rings (SSSR count). The van der Waals surface area contributed by atoms with Gasteiger partial charge < -0.3 is 9.88 Å². The lowest BCUT2D eigenvalue weighted by Gasteiger charge is -2.20. The summed E-state index contributed by atoms with van der Waals surface area (Å²) in [5.41, 5.74) is 2.38. The minimum absolute atomic E-state index is 0. The third kappa shape index (κ3) is 3.19. The van der Waals surface area contributed by atoms with Crippen LogP contribution in [-0.4, -0.2) is 48.8 Å². The van der Waals surface area contributed by atoms with Gasteiger partial charge in [0.25, 0.3) is 0 Å². The summed E-state index contributed by atoms with van der Waals surface area (Å²) < 4.78 is 5.80. The molecule has 0 unspecified atom stereocenters. The molecule has 28 heavy (non-hydrogen) atoms. The van der Waals surface area contributed by atoms with Gasteiger partial charge in [0.05, 0.1) is 17.4 Å². The predicted octanol–water partition coefficient (Wildman–Crippen LogP) is 3.12. The van der Waals surface area contributed by atoms with Crippen LogP contribution in [0.2, 0.25) is 0 Å². The minimum atomic E-state index is -0.171. The molecule has 10 heteroatoms. The third-order valence-corrected chi connectivity index (χ3v) is 6.00. The summed E-state index contributed by atoms with van der Waals surface area (Å²) in [6.07, 6.45) is 4.05. The van der Waals surface area contributed by atoms with Crippen molar-refractivity contribution in [3.8, 4) is 0 Å². The van der Waals surface area contributed by atoms with Gasteiger partial charge in [-0.15, -0.1) is 0 Å². The lowest BCUT2D eigenvalue weighted by molar-refractivity contribution is 0.220. The van der Waals surface area contributed by atoms with E-state index in [2.05, 4.69) is 26.6 Å². The Bertz CT molecular complexity index is 1110. The van der Waals surface area contributed by atoms with E-state index in [1.807, 2.05) is 19.1 Å². The van der Waals surface area contributed by atoms with Crippen LogP contribution in [0.15, 0.2) is 24.5 Å². The van der Waals surface area contributed by atoms with Crippen LogP contribution >= 0.6 is 11.5 Å². The van der Waals surface area contributed by atoms with Gasteiger partial charge in [-0.25, -0.2) is 9.78 Å². The predicted molar refractivity (Wildman–Crippen MR) is 112 cm³/mol. The Balaban J connectivity index is 0.00000160. The highest BCUT2D eigenvalue weighted by molar-refractivity contribution is 7.10. The zero-order valence-electron chi connectivity index (χ0n) is 15.7. The number of hydrogen-bond acceptors (Lipinski definition) is 6. The highest BCUT2D eigenvalue weighted by atomic mass is 32.1. The number of carbonyl (C=O) groups is 1. The quantitative estimate of drug-likeness (QED) is 0.397. The largest absolute Gasteiger partial charge is 0.345 e. The Morgan fingerprint density at radius 1 is 1.50 bits per heavy atom. The van der Waals surface area contributed by atoms with Crippen LogP contribution in [0, 0.1) is 29.6 Å². The number of fused-ring (bicyclic) bond motifs is 1. The van der Waals surface area contributed by atoms with Gasteiger partial charge in [0, 0.05) is 28.1 Å². The summed E-state index contributed by atoms with van der Waals surface area (Å²) in [5.74, 6) is 0.344. The zero-order chi connectivity index (χ0) is 19.8. The maximum absolute atomic E-state index is 12.7. The number of carbonyl (C=O) groups excluding carboxylic acids is 1. The van der Waals surface area contributed by atoms with E-state index in [1.165, 1.54) is 17.7 Å². The van der Waals surface area contributed by atoms with E-state index in [-0.39, 0.29) is 26.2 Å². The fraction of sp³-hybridized carbons (Fsp3) is 0.389. The highest BCUT2D eigenvalue weighted by Gasteiger charge is 2.38. The first-order valence-corrected chi connectivity index (χ1v) is 9.93. The first kappa shape index (κ1) is 18.4. The second-order valence-corrected chi connectivity index (χ2v) is 7.82. The van der Waals surface area contributed by atoms with Gasteiger partial charge in [0.15, 0.2) is 5.65 Å². The highest BCUT2D eigenvalue weighted by Crippen LogP contribution is 2.29. The topological polar surface area (TPSA) is 127 Å². The molecule has 9 nitrogen and oxygen atoms in total. The number of urea groups is 1. The van der Waals surface area contributed by atoms with Crippen molar-refractivity contribution in [2.45, 2.75) is 20.3 Å². The second kappa shape index (κ2) is 7.19. The number of amides is 2. The van der Waals surface area contributed by atoms with Gasteiger partial charge in [-0.1, -0.05) is 13.3 Å². The Morgan fingerprint density at radius 2 is 2.32 bits per heavy atom. The van der Waals surface area contributed by atoms with E-state index >= 15 is 0 Å². The van der Waals surface area contributed by atoms with Crippen molar-refractivity contribution in [1.82, 2.24) is 23.8 Å². The smallest absolute Gasteiger partial charge is 0.322 e. The molecule has 3 aromatic heterocycles. The summed E-state index contributed by atoms with van der Waals surface area (Å²) in [4.78, 5) is 21.7. The van der Waals surface area contributed by atoms with Crippen LogP contribution in [0.25, 0.3) is 11.2 Å². The maximum Gasteiger partial charge on any atom is 0.322 e. The molecule has 150 valence electrons. The van der Waals surface area contributed by atoms with Crippen LogP contribution in [0.1, 0.15) is 21.9 Å². The van der Waals surface area contributed by atoms with E-state index in [0.29, 0.717) is 30.1 Å². The van der Waals surface area contributed by atoms with Gasteiger partial charge in [0.2, 0.25) is 0 Å². The first-order chi connectivity index (χ1) is 13.5. The molecule has 4 heterocycles. The lowest BCUT2D eigenvalue weighted by atomic mass is 9.92. The number of hydrogen-bond donors (Lipinski definition) is 4. The summed E-state index contributed by atoms with van der Waals surface area (Å²) in [7, 11) is 0. The molecule has 2 atom stereocenters. The molecule has 1 fully saturated rings. The Kier molecular flexibility index (Phi) is 4.71. The molecule has 1 aliphatic heterocycles. The molecule has 0 aliphatic carbocycles. The fourth-order valence-electron chi connectivity index (χ4n) is 3.74. The van der Waals surface area contributed by atoms with Crippen LogP contribution < -0.4 is 10.8 Å². The summed E-state index contributed by atoms with van der Waals surface area (Å²) in [6.45, 7) is 4.99. The van der Waals surface area contributed by atoms with E-state index in [1.54, 1.807) is 15.7 Å². The van der Waals surface area contributed by atoms with E-state index in [4.69, 9.17) is 10.8 Å². The number of aromatic amines is 1. The van der Waals surface area contributed by atoms with Gasteiger partial charge in [-0.2, -0.15) is 4.37 Å². The number of rotatable bonds is 3. The molecule has 0 aromatic carbocycles. The number of anilines is 1. The lowest BCUT2D eigenvalue weighted by Crippen LogP contribution is -2.37. The molecule has 0 saturated carbocycles. The van der Waals surface area contributed by atoms with Gasteiger partial charge in [0.1, 0.15) is 16.3 Å². The molecule has 1 saturated heterocycles. The molecule has 2 amide bonds. The Morgan fingerprint density at radius 3 is 3.04 bits per heavy atom. The maximum atomic E-state index is 12.7. The second-order valence-electron chi connectivity index (χ2n) is 7.02. The van der Waals surface area contributed by atoms with Crippen molar-refractivity contribution < 1.29 is 7.65 Å². The number of nitrogens with one attached hydrogen (secondary N) is 4. The van der Waals surface area contributed by atoms with Crippen molar-refractivity contribution in [2.75, 3.05) is 18.4 Å². The van der Waals surface area contributed by atoms with Crippen LogP contribution in [0.3, 0.4) is 0 Å². The van der Waals surface area contributed by atoms with E-state index < -0.39 is 0 Å². The molecular weight excluding hydrogens is 376 g/mol. The average molecular weight is 403 g/mol. The van der Waals surface area contributed by atoms with E-state index in [0.717, 1.165) is 17.1 Å². The summed E-state index contributed by atoms with van der Waals surface area (Å²) in [6, 6.07) is 3.49. The minimum Gasteiger partial charge on any atom is -0.345 e. The SMILES string of the molecule is CC[C@@H]1CN(C(=O)Nc2cc(C)ns2)C[C@@H]1C(=N)n1c(=N)cnc2[nH]ccc21.[HH].[HH]. The molecular formula is C18H26N8OS. The molecule has 0 radical (unpaired) electrons. The van der Waals surface area contributed by atoms with Gasteiger partial charge >= 0.3 is 6.03 Å². The average Bonchev–Trinajstić information content (AvgIpc) is 3.40. The zero-order valence-corrected chi connectivity index (χ0v) is 16.5. The van der Waals surface area contributed by atoms with Crippen LogP contribution in [-0.2, 0) is 0 Å². The van der Waals surface area contributed by atoms with E-state index in [9.17, 15) is 4.79 Å². The molecule has 1 aliphatic rings. The van der Waals surface area contributed by atoms with Crippen molar-refractivity contribution >= 4 is 39.6 Å². The number of aromatic nitrogens is 4. The summed E-state index contributed by atoms with van der Waals surface area (Å²) in [5, 5.41) is 20.7. The number of aryl methyl sites for hydroxylation is 1.